The van der Waals surface area contributed by atoms with Crippen LogP contribution in [0.1, 0.15) is 113 Å². The minimum absolute atomic E-state index is 0.00664. The van der Waals surface area contributed by atoms with Crippen LogP contribution in [0.5, 0.6) is 5.75 Å². The normalized spacial score (nSPS) is 44.3. The lowest BCUT2D eigenvalue weighted by molar-refractivity contribution is -0.318. The second kappa shape index (κ2) is 24.9. The number of likely N-dealkylation sites (N-methyl/N-ethyl adjacent to an activating group) is 2. The van der Waals surface area contributed by atoms with Crippen molar-refractivity contribution in [1.29, 1.82) is 0 Å². The molecule has 4 fully saturated rings. The molecule has 1 aromatic rings. The molecule has 3 heterocycles. The Morgan fingerprint density at radius 3 is 1.96 bits per heavy atom. The van der Waals surface area contributed by atoms with E-state index >= 15 is 0 Å². The van der Waals surface area contributed by atoms with Gasteiger partial charge in [0.1, 0.15) is 52.5 Å². The molecule has 474 valence electrons. The monoisotopic (exact) mass is 1190 g/mol. The number of ether oxygens (including phenoxy) is 6. The average Bonchev–Trinajstić information content (AvgIpc) is 0.838. The molecule has 25 nitrogen and oxygen atoms in total. The van der Waals surface area contributed by atoms with E-state index in [2.05, 4.69) is 0 Å². The predicted molar refractivity (Wildman–Crippen MR) is 298 cm³/mol. The van der Waals surface area contributed by atoms with Crippen LogP contribution in [-0.2, 0) is 58.0 Å². The molecule has 0 aromatic heterocycles. The number of carbonyl (C=O) groups excluding carboxylic acids is 5. The van der Waals surface area contributed by atoms with Gasteiger partial charge in [0.05, 0.1) is 88.4 Å². The highest BCUT2D eigenvalue weighted by Gasteiger charge is 2.70. The number of fused-ring (bicyclic) bond motifs is 3. The van der Waals surface area contributed by atoms with E-state index in [0.717, 1.165) is 0 Å². The lowest BCUT2D eigenvalue weighted by atomic mass is 9.53. The largest absolute Gasteiger partial charge is 0.508 e. The number of carbonyl (C=O) groups is 5. The number of methoxy groups -OCH3 is 1. The Kier molecular flexibility index (Phi) is 20.3. The van der Waals surface area contributed by atoms with Crippen molar-refractivity contribution in [3.05, 3.63) is 46.2 Å². The van der Waals surface area contributed by atoms with Gasteiger partial charge in [-0.25, -0.2) is 0 Å². The number of ketones is 3. The van der Waals surface area contributed by atoms with Crippen LogP contribution >= 0.6 is 0 Å². The third-order valence-electron chi connectivity index (χ3n) is 18.9. The Bertz CT molecular complexity index is 2710. The van der Waals surface area contributed by atoms with Gasteiger partial charge in [-0.05, 0) is 108 Å². The first kappa shape index (κ1) is 68.6. The van der Waals surface area contributed by atoms with Crippen molar-refractivity contribution in [2.75, 3.05) is 35.3 Å². The van der Waals surface area contributed by atoms with Crippen molar-refractivity contribution in [2.45, 2.75) is 209 Å². The summed E-state index contributed by atoms with van der Waals surface area (Å²) in [6.45, 7) is 17.6. The highest BCUT2D eigenvalue weighted by molar-refractivity contribution is 6.24. The molecule has 1 saturated carbocycles. The molecule has 0 radical (unpaired) electrons. The van der Waals surface area contributed by atoms with Crippen molar-refractivity contribution in [2.24, 2.45) is 41.2 Å². The molecular formula is C59H91N3O22. The Morgan fingerprint density at radius 1 is 0.810 bits per heavy atom. The standard InChI is InChI=1S/C37H67NO13.C22H24N2O9/c1-14-25-37(10,45)30(41)20(4)27(39)18(2)16-35(8,44)32(51-34-28(40)24(38(11)12)15-19(3)47-34)21(5)29(22(6)33(43)49-25)50-26-17-36(9,46-13)31(42)23(7)48-26;1-21(32)7-5-4-6-8(25)9(7)15(26)10-12(21)17(28)13-14(24(2)3)16(27)11(20(23)31)19(30)22(13,33)18(10)29/h18-26,28-32,34,40-42,44-45H,14-17H2,1-13H3;4-6,12-14,17,25-26,28,30,32-33H,1-3H3,(H2,23,31)/t18-,19-,20+,21+,22-,23+,24+,25-,26+,28-,29+,30-,31+,32-,34+,35-,36-,37-;12-,13-,14+,17+,21-,22+/m11/s1. The number of nitrogens with zero attached hydrogens (tertiary/aromatic N) is 2. The van der Waals surface area contributed by atoms with E-state index in [1.54, 1.807) is 41.5 Å². The summed E-state index contributed by atoms with van der Waals surface area (Å²) in [6, 6.07) is 2.18. The van der Waals surface area contributed by atoms with E-state index in [4.69, 9.17) is 34.2 Å². The third kappa shape index (κ3) is 12.0. The van der Waals surface area contributed by atoms with Gasteiger partial charge in [-0.3, -0.25) is 28.9 Å². The zero-order chi connectivity index (χ0) is 63.7. The zero-order valence-electron chi connectivity index (χ0n) is 50.9. The van der Waals surface area contributed by atoms with Crippen LogP contribution in [0.2, 0.25) is 0 Å². The second-order valence-electron chi connectivity index (χ2n) is 25.5. The summed E-state index contributed by atoms with van der Waals surface area (Å²) in [6.07, 6.45) is -11.6. The number of hydrogen-bond donors (Lipinski definition) is 12. The number of aliphatic hydroxyl groups excluding tert-OH is 6. The number of phenols is 1. The van der Waals surface area contributed by atoms with Crippen LogP contribution in [0.25, 0.3) is 5.76 Å². The lowest BCUT2D eigenvalue weighted by Crippen LogP contribution is -2.71. The number of rotatable bonds is 9. The highest BCUT2D eigenvalue weighted by Crippen LogP contribution is 2.57. The van der Waals surface area contributed by atoms with E-state index in [-0.39, 0.29) is 42.5 Å². The summed E-state index contributed by atoms with van der Waals surface area (Å²) in [7, 11) is 7.97. The van der Waals surface area contributed by atoms with Gasteiger partial charge in [-0.15, -0.1) is 0 Å². The number of aromatic hydroxyl groups is 1. The van der Waals surface area contributed by atoms with Crippen molar-refractivity contribution in [1.82, 2.24) is 9.80 Å². The van der Waals surface area contributed by atoms with Gasteiger partial charge in [-0.2, -0.15) is 0 Å². The predicted octanol–water partition coefficient (Wildman–Crippen LogP) is 0.385. The molecule has 6 aliphatic rings. The van der Waals surface area contributed by atoms with Crippen LogP contribution in [0.4, 0.5) is 0 Å². The number of nitrogens with two attached hydrogens (primary N) is 1. The smallest absolute Gasteiger partial charge is 0.311 e. The van der Waals surface area contributed by atoms with Gasteiger partial charge in [0.25, 0.3) is 5.91 Å². The number of cyclic esters (lactones) is 1. The van der Waals surface area contributed by atoms with Gasteiger partial charge >= 0.3 is 5.97 Å². The summed E-state index contributed by atoms with van der Waals surface area (Å²) < 4.78 is 37.1. The average molecular weight is 1190 g/mol. The zero-order valence-corrected chi connectivity index (χ0v) is 50.9. The molecule has 25 heteroatoms. The van der Waals surface area contributed by atoms with E-state index < -0.39 is 189 Å². The van der Waals surface area contributed by atoms with Crippen LogP contribution in [0.3, 0.4) is 0 Å². The van der Waals surface area contributed by atoms with Crippen molar-refractivity contribution in [3.8, 4) is 5.75 Å². The molecule has 7 rings (SSSR count). The number of primary amides is 1. The van der Waals surface area contributed by atoms with Gasteiger partial charge in [0, 0.05) is 37.3 Å². The van der Waals surface area contributed by atoms with Gasteiger partial charge < -0.3 is 95.2 Å². The van der Waals surface area contributed by atoms with E-state index in [1.807, 2.05) is 25.9 Å². The number of hydrogen-bond acceptors (Lipinski definition) is 24. The molecule has 0 unspecified atom stereocenters. The van der Waals surface area contributed by atoms with E-state index in [1.165, 1.54) is 72.0 Å². The molecule has 24 atom stereocenters. The summed E-state index contributed by atoms with van der Waals surface area (Å²) in [5, 5.41) is 124. The number of benzene rings is 1. The third-order valence-corrected chi connectivity index (χ3v) is 18.9. The molecule has 13 N–H and O–H groups in total. The van der Waals surface area contributed by atoms with Crippen LogP contribution in [-0.4, -0.2) is 233 Å². The number of Topliss-reactive ketones (excluding diaryl/α,β-unsaturated/α-hetero) is 3. The maximum absolute atomic E-state index is 14.1. The SMILES string of the molecule is CC[C@H]1OC(=O)[C@H](C)[C@@H](O[C@H]2C[C@@](C)(OC)[C@@H](O)[C@H](C)O2)[C@H](C)[C@@H](O[C@@H]2O[C@H](C)C[C@H](N(C)C)[C@H]2O)[C@](C)(O)C[C@@H](C)C(=O)[C@H](C)[C@@H](O)[C@]1(C)O.CN(C)[C@@H]1C(=O)C(C(N)=O)=C(O)[C@@]2(O)C(=O)C3=C(O)c4c(O)cccc4[C@@](C)(O)[C@H]3[C@H](O)[C@@H]12. The summed E-state index contributed by atoms with van der Waals surface area (Å²) >= 11 is 0. The number of amides is 1. The first-order valence-corrected chi connectivity index (χ1v) is 28.6. The maximum atomic E-state index is 14.1. The second-order valence-corrected chi connectivity index (χ2v) is 25.5. The molecule has 0 bridgehead atoms. The molecule has 3 aliphatic carbocycles. The Balaban J connectivity index is 0.000000294. The fourth-order valence-corrected chi connectivity index (χ4v) is 14.0. The number of phenolic OH excluding ortho intramolecular Hbond substituents is 1. The Morgan fingerprint density at radius 2 is 1.42 bits per heavy atom. The number of esters is 1. The summed E-state index contributed by atoms with van der Waals surface area (Å²) in [5.74, 6) is -14.6. The fourth-order valence-electron chi connectivity index (χ4n) is 14.0. The van der Waals surface area contributed by atoms with Gasteiger partial charge in [0.2, 0.25) is 5.78 Å². The van der Waals surface area contributed by atoms with Crippen LogP contribution in [0, 0.1) is 35.5 Å². The lowest BCUT2D eigenvalue weighted by Gasteiger charge is -2.55. The highest BCUT2D eigenvalue weighted by atomic mass is 16.7. The maximum Gasteiger partial charge on any atom is 0.311 e. The Hall–Kier alpha value is -4.55. The van der Waals surface area contributed by atoms with Crippen LogP contribution in [0.15, 0.2) is 35.1 Å². The molecular weight excluding hydrogens is 1100 g/mol. The van der Waals surface area contributed by atoms with Crippen molar-refractivity contribution in [3.63, 3.8) is 0 Å². The minimum atomic E-state index is -3.02. The fraction of sp³-hybridized carbons (Fsp3) is 0.746. The summed E-state index contributed by atoms with van der Waals surface area (Å²) in [5.41, 5.74) is -6.61. The minimum Gasteiger partial charge on any atom is -0.508 e. The van der Waals surface area contributed by atoms with Gasteiger partial charge in [0.15, 0.2) is 24.0 Å². The first-order chi connectivity index (χ1) is 38.6. The quantitative estimate of drug-likeness (QED) is 0.117. The molecule has 1 amide bonds. The topological polar surface area (TPSA) is 396 Å². The molecule has 3 aliphatic heterocycles. The number of aliphatic hydroxyl groups is 10. The molecule has 0 spiro atoms. The molecule has 1 aromatic carbocycles. The van der Waals surface area contributed by atoms with Gasteiger partial charge in [-0.1, -0.05) is 39.8 Å². The van der Waals surface area contributed by atoms with Crippen LogP contribution < -0.4 is 5.73 Å². The summed E-state index contributed by atoms with van der Waals surface area (Å²) in [4.78, 5) is 69.7. The molecule has 3 saturated heterocycles. The Labute approximate surface area is 489 Å². The van der Waals surface area contributed by atoms with E-state index in [0.29, 0.717) is 6.42 Å². The molecule has 84 heavy (non-hydrogen) atoms. The van der Waals surface area contributed by atoms with E-state index in [9.17, 15) is 80.1 Å². The van der Waals surface area contributed by atoms with Crippen molar-refractivity contribution < 1.29 is 109 Å². The first-order valence-electron chi connectivity index (χ1n) is 28.6. The van der Waals surface area contributed by atoms with Crippen molar-refractivity contribution >= 4 is 35.0 Å².